The Hall–Kier alpha value is -2.28. The van der Waals surface area contributed by atoms with Gasteiger partial charge in [-0.3, -0.25) is 9.59 Å². The quantitative estimate of drug-likeness (QED) is 0.592. The molecule has 0 aromatic carbocycles. The molecule has 1 amide bonds. The number of rotatable bonds is 1. The van der Waals surface area contributed by atoms with Crippen molar-refractivity contribution >= 4 is 17.7 Å². The van der Waals surface area contributed by atoms with E-state index in [1.807, 2.05) is 0 Å². The largest absolute Gasteiger partial charge is 0.325 e. The lowest BCUT2D eigenvalue weighted by molar-refractivity contribution is 0.0978. The second-order valence-electron chi connectivity index (χ2n) is 3.53. The number of H-pyrrole nitrogens is 1. The molecule has 0 atom stereocenters. The number of carbonyl (C=O) groups excluding carboxylic acids is 1. The summed E-state index contributed by atoms with van der Waals surface area (Å²) in [4.78, 5) is 25.5. The van der Waals surface area contributed by atoms with Crippen LogP contribution in [0.2, 0.25) is 0 Å². The molecule has 0 unspecified atom stereocenters. The summed E-state index contributed by atoms with van der Waals surface area (Å²) in [6, 6.07) is 1.30. The number of aromatic amines is 1. The molecule has 16 heavy (non-hydrogen) atoms. The summed E-state index contributed by atoms with van der Waals surface area (Å²) in [7, 11) is 0. The Morgan fingerprint density at radius 1 is 1.50 bits per heavy atom. The van der Waals surface area contributed by atoms with Crippen molar-refractivity contribution in [2.75, 3.05) is 0 Å². The van der Waals surface area contributed by atoms with Gasteiger partial charge in [0, 0.05) is 28.8 Å². The van der Waals surface area contributed by atoms with E-state index < -0.39 is 0 Å². The van der Waals surface area contributed by atoms with E-state index in [1.54, 1.807) is 13.0 Å². The normalized spacial score (nSPS) is 14.6. The number of nitrogens with one attached hydrogen (secondary N) is 2. The molecule has 4 nitrogen and oxygen atoms in total. The lowest BCUT2D eigenvalue weighted by Gasteiger charge is -1.92. The van der Waals surface area contributed by atoms with Crippen LogP contribution in [-0.2, 0) is 0 Å². The average molecular weight is 214 g/mol. The average Bonchev–Trinajstić information content (AvgIpc) is 2.51. The summed E-state index contributed by atoms with van der Waals surface area (Å²) in [5, 5.41) is 4.02. The lowest BCUT2D eigenvalue weighted by atomic mass is 10.2. The van der Waals surface area contributed by atoms with Crippen molar-refractivity contribution in [2.24, 2.45) is 0 Å². The number of aromatic nitrogens is 1. The zero-order chi connectivity index (χ0) is 11.7. The minimum Gasteiger partial charge on any atom is -0.325 e. The van der Waals surface area contributed by atoms with Crippen LogP contribution < -0.4 is 21.4 Å². The van der Waals surface area contributed by atoms with E-state index in [0.717, 1.165) is 10.9 Å². The minimum absolute atomic E-state index is 0.242. The molecule has 0 saturated heterocycles. The summed E-state index contributed by atoms with van der Waals surface area (Å²) in [5.74, 6) is 2.22. The number of hydrogen-bond donors (Lipinski definition) is 2. The van der Waals surface area contributed by atoms with Crippen molar-refractivity contribution in [3.8, 4) is 12.3 Å². The van der Waals surface area contributed by atoms with Crippen LogP contribution >= 0.6 is 0 Å². The van der Waals surface area contributed by atoms with Crippen molar-refractivity contribution in [2.45, 2.75) is 13.3 Å². The van der Waals surface area contributed by atoms with Crippen LogP contribution in [0, 0.1) is 12.3 Å². The summed E-state index contributed by atoms with van der Waals surface area (Å²) in [6.45, 7) is 1.79. The van der Waals surface area contributed by atoms with Gasteiger partial charge in [-0.1, -0.05) is 0 Å². The van der Waals surface area contributed by atoms with Gasteiger partial charge >= 0.3 is 0 Å². The Labute approximate surface area is 91.7 Å². The molecule has 80 valence electrons. The van der Waals surface area contributed by atoms with Crippen LogP contribution in [0.4, 0.5) is 0 Å². The Morgan fingerprint density at radius 3 is 2.94 bits per heavy atom. The van der Waals surface area contributed by atoms with Crippen LogP contribution in [0.15, 0.2) is 10.9 Å². The van der Waals surface area contributed by atoms with Crippen molar-refractivity contribution < 1.29 is 4.79 Å². The van der Waals surface area contributed by atoms with E-state index in [1.165, 1.54) is 6.07 Å². The van der Waals surface area contributed by atoms with Crippen molar-refractivity contribution in [1.29, 1.82) is 0 Å². The predicted octanol–water partition coefficient (Wildman–Crippen LogP) is -0.950. The highest BCUT2D eigenvalue weighted by Crippen LogP contribution is 1.97. The fraction of sp³-hybridized carbons (Fsp3) is 0.167. The van der Waals surface area contributed by atoms with Crippen molar-refractivity contribution in [1.82, 2.24) is 10.3 Å². The molecule has 1 aromatic rings. The van der Waals surface area contributed by atoms with E-state index in [2.05, 4.69) is 16.2 Å². The highest BCUT2D eigenvalue weighted by molar-refractivity contribution is 6.02. The van der Waals surface area contributed by atoms with E-state index in [9.17, 15) is 9.59 Å². The molecular formula is C12H10N2O2. The molecule has 2 rings (SSSR count). The molecule has 0 radical (unpaired) electrons. The van der Waals surface area contributed by atoms with Gasteiger partial charge in [0.15, 0.2) is 0 Å². The lowest BCUT2D eigenvalue weighted by Crippen LogP contribution is -2.36. The fourth-order valence-corrected chi connectivity index (χ4v) is 1.78. The number of amides is 1. The fourth-order valence-electron chi connectivity index (χ4n) is 1.78. The topological polar surface area (TPSA) is 62.0 Å². The van der Waals surface area contributed by atoms with Crippen LogP contribution in [0.5, 0.6) is 0 Å². The summed E-state index contributed by atoms with van der Waals surface area (Å²) >= 11 is 0. The maximum Gasteiger partial charge on any atom is 0.256 e. The molecule has 1 aromatic heterocycles. The van der Waals surface area contributed by atoms with Gasteiger partial charge in [0.25, 0.3) is 5.91 Å². The second-order valence-corrected chi connectivity index (χ2v) is 3.53. The molecule has 0 bridgehead atoms. The maximum absolute atomic E-state index is 11.5. The van der Waals surface area contributed by atoms with Crippen molar-refractivity contribution in [3.63, 3.8) is 0 Å². The molecular weight excluding hydrogens is 204 g/mol. The first-order valence-electron chi connectivity index (χ1n) is 4.82. The molecule has 4 heteroatoms. The number of terminal acetylenes is 1. The van der Waals surface area contributed by atoms with Gasteiger partial charge in [0.1, 0.15) is 0 Å². The molecule has 2 N–H and O–H groups in total. The molecule has 0 aliphatic carbocycles. The van der Waals surface area contributed by atoms with E-state index >= 15 is 0 Å². The Morgan fingerprint density at radius 2 is 2.25 bits per heavy atom. The maximum atomic E-state index is 11.5. The first-order chi connectivity index (χ1) is 7.63. The number of hydrogen-bond acceptors (Lipinski definition) is 2. The van der Waals surface area contributed by atoms with Gasteiger partial charge in [-0.15, -0.1) is 12.3 Å². The molecule has 1 aliphatic heterocycles. The highest BCUT2D eigenvalue weighted by Gasteiger charge is 2.18. The van der Waals surface area contributed by atoms with Crippen LogP contribution in [0.3, 0.4) is 0 Å². The highest BCUT2D eigenvalue weighted by atomic mass is 16.2. The summed E-state index contributed by atoms with van der Waals surface area (Å²) in [6.07, 6.45) is 7.30. The zero-order valence-corrected chi connectivity index (χ0v) is 8.76. The minimum atomic E-state index is -0.299. The Kier molecular flexibility index (Phi) is 2.37. The first-order valence-corrected chi connectivity index (χ1v) is 4.82. The van der Waals surface area contributed by atoms with Crippen LogP contribution in [0.25, 0.3) is 11.8 Å². The molecule has 2 heterocycles. The Bertz CT molecular complexity index is 674. The Balaban J connectivity index is 2.88. The van der Waals surface area contributed by atoms with Gasteiger partial charge in [0.2, 0.25) is 5.56 Å². The SMILES string of the molecule is C#CC/C=c1/[nH]c(=O)cc2c1=C(C)NC2=O. The third kappa shape index (κ3) is 1.52. The van der Waals surface area contributed by atoms with Gasteiger partial charge in [-0.05, 0) is 13.0 Å². The van der Waals surface area contributed by atoms with E-state index in [-0.39, 0.29) is 11.5 Å². The van der Waals surface area contributed by atoms with Gasteiger partial charge in [-0.2, -0.15) is 0 Å². The second kappa shape index (κ2) is 3.70. The number of carbonyl (C=O) groups is 1. The number of fused-ring (bicyclic) bond motifs is 1. The first kappa shape index (κ1) is 10.2. The third-order valence-corrected chi connectivity index (χ3v) is 2.42. The van der Waals surface area contributed by atoms with Gasteiger partial charge in [-0.25, -0.2) is 0 Å². The van der Waals surface area contributed by atoms with Gasteiger partial charge in [0.05, 0.1) is 5.56 Å². The standard InChI is InChI=1S/C12H10N2O2/c1-3-4-5-9-11-7(2)13-12(16)8(11)6-10(15)14-9/h1,5-6H,4H2,2H3,(H,13,16)(H,14,15)/b9-5+. The monoisotopic (exact) mass is 214 g/mol. The molecule has 0 spiro atoms. The smallest absolute Gasteiger partial charge is 0.256 e. The van der Waals surface area contributed by atoms with E-state index in [4.69, 9.17) is 6.42 Å². The molecule has 0 saturated carbocycles. The van der Waals surface area contributed by atoms with Gasteiger partial charge < -0.3 is 10.3 Å². The van der Waals surface area contributed by atoms with Crippen LogP contribution in [0.1, 0.15) is 23.7 Å². The third-order valence-electron chi connectivity index (χ3n) is 2.42. The van der Waals surface area contributed by atoms with E-state index in [0.29, 0.717) is 17.3 Å². The zero-order valence-electron chi connectivity index (χ0n) is 8.76. The number of pyridine rings is 1. The molecule has 0 fully saturated rings. The molecule has 1 aliphatic rings. The summed E-state index contributed by atoms with van der Waals surface area (Å²) in [5.41, 5.74) is 0.843. The summed E-state index contributed by atoms with van der Waals surface area (Å²) < 4.78 is 0. The predicted molar refractivity (Wildman–Crippen MR) is 60.8 cm³/mol. The van der Waals surface area contributed by atoms with Crippen LogP contribution in [-0.4, -0.2) is 10.9 Å². The van der Waals surface area contributed by atoms with Crippen molar-refractivity contribution in [3.05, 3.63) is 32.6 Å².